The van der Waals surface area contributed by atoms with E-state index in [0.29, 0.717) is 12.8 Å². The molecule has 0 spiro atoms. The van der Waals surface area contributed by atoms with Gasteiger partial charge >= 0.3 is 35.5 Å². The van der Waals surface area contributed by atoms with Crippen molar-refractivity contribution in [3.05, 3.63) is 12.2 Å². The Hall–Kier alpha value is -1.49. The number of ether oxygens (including phenoxy) is 5. The van der Waals surface area contributed by atoms with Crippen LogP contribution < -0.4 is 40.2 Å². The second-order valence-corrected chi connectivity index (χ2v) is 23.5. The molecule has 2 amide bonds. The number of aliphatic hydroxyl groups excluding tert-OH is 11. The van der Waals surface area contributed by atoms with Crippen molar-refractivity contribution in [3.63, 3.8) is 0 Å². The number of carboxylic acid groups (broad SMARTS) is 1. The van der Waals surface area contributed by atoms with E-state index < -0.39 is 161 Å². The number of hydrogen-bond donors (Lipinski definition) is 14. The number of aliphatic hydroxyl groups is 11. The average Bonchev–Trinajstić information content (AvgIpc) is 3.65. The van der Waals surface area contributed by atoms with Crippen molar-refractivity contribution >= 4 is 17.8 Å². The molecule has 0 saturated carbocycles. The fourth-order valence-corrected chi connectivity index (χ4v) is 11.5. The number of amides is 2. The Morgan fingerprint density at radius 2 is 1.14 bits per heavy atom. The number of carboxylic acids is 1. The third kappa shape index (κ3) is 27.4. The zero-order valence-corrected chi connectivity index (χ0v) is 52.6. The summed E-state index contributed by atoms with van der Waals surface area (Å²) in [5.41, 5.74) is -2.58. The van der Waals surface area contributed by atoms with Crippen LogP contribution in [-0.2, 0) is 38.1 Å². The summed E-state index contributed by atoms with van der Waals surface area (Å²) in [7, 11) is 0. The van der Waals surface area contributed by atoms with Crippen LogP contribution in [0.15, 0.2) is 12.2 Å². The number of hydrogen-bond acceptors (Lipinski definition) is 19. The largest absolute Gasteiger partial charge is 1.00 e. The summed E-state index contributed by atoms with van der Waals surface area (Å²) in [6, 6.07) is -2.52. The van der Waals surface area contributed by atoms with E-state index in [0.717, 1.165) is 51.9 Å². The quantitative estimate of drug-likeness (QED) is 0.0228. The molecule has 3 fully saturated rings. The third-order valence-electron chi connectivity index (χ3n) is 16.6. The van der Waals surface area contributed by atoms with Gasteiger partial charge in [0, 0.05) is 25.7 Å². The predicted octanol–water partition coefficient (Wildman–Crippen LogP) is 0.833. The van der Waals surface area contributed by atoms with Crippen LogP contribution in [0.25, 0.3) is 0 Å². The minimum Gasteiger partial charge on any atom is -0.479 e. The first-order chi connectivity index (χ1) is 39.4. The van der Waals surface area contributed by atoms with Crippen LogP contribution >= 0.6 is 0 Å². The minimum absolute atomic E-state index is 0. The van der Waals surface area contributed by atoms with Crippen LogP contribution in [0.5, 0.6) is 0 Å². The molecule has 3 saturated heterocycles. The van der Waals surface area contributed by atoms with Gasteiger partial charge in [-0.2, -0.15) is 0 Å². The molecule has 23 heteroatoms. The van der Waals surface area contributed by atoms with Gasteiger partial charge in [-0.25, -0.2) is 4.79 Å². The molecule has 0 radical (unpaired) electrons. The number of unbranched alkanes of at least 4 members (excludes halogenated alkanes) is 25. The second kappa shape index (κ2) is 44.0. The molecule has 3 heterocycles. The topological polar surface area (TPSA) is 364 Å². The summed E-state index contributed by atoms with van der Waals surface area (Å²) in [5, 5.41) is 136. The summed E-state index contributed by atoms with van der Waals surface area (Å²) in [6.45, 7) is 2.30. The molecule has 3 aliphatic rings. The summed E-state index contributed by atoms with van der Waals surface area (Å²) in [6.07, 6.45) is 8.54. The van der Waals surface area contributed by atoms with Gasteiger partial charge in [0.1, 0.15) is 54.9 Å². The van der Waals surface area contributed by atoms with Gasteiger partial charge < -0.3 is 95.6 Å². The Labute approximate surface area is 516 Å². The number of allylic oxidation sites excluding steroid dienone is 1. The fraction of sp³-hybridized carbons (Fsp3) is 0.917. The van der Waals surface area contributed by atoms with Gasteiger partial charge in [0.15, 0.2) is 18.2 Å². The Balaban J connectivity index is 0.0000235. The van der Waals surface area contributed by atoms with Crippen molar-refractivity contribution in [3.8, 4) is 0 Å². The van der Waals surface area contributed by atoms with Gasteiger partial charge in [-0.15, -0.1) is 0 Å². The standard InChI is InChI=1S/C60H110N2O20.Na/c1-4-6-8-10-12-14-16-18-19-21-23-25-27-29-31-33-48(70)62-42(43(67)32-30-28-26-24-22-20-17-15-13-11-9-7-5-2)39-78-57-54(75)53(74)55(47(38-65)80-57)81-58-51(72)41(50(71)46(37-64)79-58)34-60(59(76)77)35-44(68)49(61-40(3)66)56(82-60)52(73)45(69)36-63;/h30,32,41-47,49-58,63-65,67-69,71-75H,4-29,31,33-39H2,1-3H3,(H,61,66)(H,62,70)(H,76,77);/q;+1/b32-30+;/t41-,42+,43-,44+,45-,46-,47-,49-,50-,51-,52-,53-,54-,55-,56-,57-,58+,60-;/m1./s1. The van der Waals surface area contributed by atoms with E-state index in [9.17, 15) is 75.7 Å². The number of rotatable bonds is 45. The molecule has 18 atom stereocenters. The van der Waals surface area contributed by atoms with Crippen LogP contribution in [-0.4, -0.2) is 209 Å². The van der Waals surface area contributed by atoms with Gasteiger partial charge in [0.05, 0.1) is 56.8 Å². The van der Waals surface area contributed by atoms with Crippen molar-refractivity contribution in [2.75, 3.05) is 26.4 Å². The SMILES string of the molecule is CCCCCCCCCCCCC/C=C/[C@@H](O)[C@H](CO[C@@H]1O[C@H](CO)[C@@H](O[C@@H]2O[C@H](CO)[C@H](O)[C@@H](C[C@]3(C(=O)O)C[C@H](O)[C@@H](NC(C)=O)[C@H]([C@H](O)[C@H](O)CO)O3)[C@H]2O)[C@H](O)[C@H]1O)NC(=O)CCCCCCCCCCCCCCCCC.[Na+]. The first kappa shape index (κ1) is 77.6. The van der Waals surface area contributed by atoms with Crippen molar-refractivity contribution in [2.24, 2.45) is 5.92 Å². The van der Waals surface area contributed by atoms with Crippen LogP contribution in [0, 0.1) is 5.92 Å². The zero-order valence-electron chi connectivity index (χ0n) is 50.6. The summed E-state index contributed by atoms with van der Waals surface area (Å²) < 4.78 is 29.4. The van der Waals surface area contributed by atoms with Gasteiger partial charge in [0.25, 0.3) is 0 Å². The first-order valence-corrected chi connectivity index (χ1v) is 31.4. The Bertz CT molecular complexity index is 1740. The molecule has 0 aliphatic carbocycles. The fourth-order valence-electron chi connectivity index (χ4n) is 11.5. The molecule has 0 aromatic carbocycles. The number of carbonyl (C=O) groups is 3. The van der Waals surface area contributed by atoms with E-state index in [4.69, 9.17) is 23.7 Å². The smallest absolute Gasteiger partial charge is 0.479 e. The van der Waals surface area contributed by atoms with Gasteiger partial charge in [0.2, 0.25) is 11.8 Å². The van der Waals surface area contributed by atoms with E-state index in [1.54, 1.807) is 6.08 Å². The molecule has 0 aromatic heterocycles. The van der Waals surface area contributed by atoms with E-state index >= 15 is 0 Å². The Kier molecular flexibility index (Phi) is 41.2. The van der Waals surface area contributed by atoms with Crippen LogP contribution in [0.1, 0.15) is 213 Å². The van der Waals surface area contributed by atoms with Crippen molar-refractivity contribution < 1.29 is 129 Å². The molecule has 0 aromatic rings. The van der Waals surface area contributed by atoms with Crippen LogP contribution in [0.3, 0.4) is 0 Å². The molecule has 3 rings (SSSR count). The van der Waals surface area contributed by atoms with Crippen molar-refractivity contribution in [1.29, 1.82) is 0 Å². The summed E-state index contributed by atoms with van der Waals surface area (Å²) >= 11 is 0. The van der Waals surface area contributed by atoms with E-state index in [2.05, 4.69) is 24.5 Å². The van der Waals surface area contributed by atoms with Gasteiger partial charge in [-0.05, 0) is 25.7 Å². The Morgan fingerprint density at radius 1 is 0.651 bits per heavy atom. The number of nitrogens with one attached hydrogen (secondary N) is 2. The molecule has 14 N–H and O–H groups in total. The van der Waals surface area contributed by atoms with Crippen LogP contribution in [0.2, 0.25) is 0 Å². The molecule has 0 unspecified atom stereocenters. The van der Waals surface area contributed by atoms with E-state index in [-0.39, 0.29) is 41.9 Å². The maximum absolute atomic E-state index is 13.4. The minimum atomic E-state index is -2.58. The molecule has 22 nitrogen and oxygen atoms in total. The average molecular weight is 1200 g/mol. The predicted molar refractivity (Wildman–Crippen MR) is 305 cm³/mol. The second-order valence-electron chi connectivity index (χ2n) is 23.5. The first-order valence-electron chi connectivity index (χ1n) is 31.4. The van der Waals surface area contributed by atoms with E-state index in [1.165, 1.54) is 116 Å². The normalized spacial score (nSPS) is 29.9. The number of aliphatic carboxylic acids is 1. The van der Waals surface area contributed by atoms with Gasteiger partial charge in [-0.3, -0.25) is 9.59 Å². The third-order valence-corrected chi connectivity index (χ3v) is 16.6. The van der Waals surface area contributed by atoms with Crippen molar-refractivity contribution in [1.82, 2.24) is 10.6 Å². The zero-order chi connectivity index (χ0) is 60.5. The van der Waals surface area contributed by atoms with Gasteiger partial charge in [-0.1, -0.05) is 180 Å². The Morgan fingerprint density at radius 3 is 1.63 bits per heavy atom. The van der Waals surface area contributed by atoms with E-state index in [1.807, 2.05) is 6.08 Å². The summed E-state index contributed by atoms with van der Waals surface area (Å²) in [4.78, 5) is 38.5. The monoisotopic (exact) mass is 1200 g/mol. The molecule has 83 heavy (non-hydrogen) atoms. The molecular weight excluding hydrogens is 1090 g/mol. The molecule has 480 valence electrons. The van der Waals surface area contributed by atoms with Crippen LogP contribution in [0.4, 0.5) is 0 Å². The maximum atomic E-state index is 13.4. The van der Waals surface area contributed by atoms with Crippen molar-refractivity contribution in [2.45, 2.75) is 317 Å². The maximum Gasteiger partial charge on any atom is 1.00 e. The molecule has 3 aliphatic heterocycles. The number of carbonyl (C=O) groups excluding carboxylic acids is 2. The molecule has 0 bridgehead atoms. The summed E-state index contributed by atoms with van der Waals surface area (Å²) in [5.74, 6) is -4.44. The molecular formula is C60H110N2NaO20+.